The van der Waals surface area contributed by atoms with Gasteiger partial charge in [0.05, 0.1) is 90.3 Å². The zero-order valence-electron chi connectivity index (χ0n) is 22.7. The summed E-state index contributed by atoms with van der Waals surface area (Å²) in [5, 5.41) is 0. The van der Waals surface area contributed by atoms with Gasteiger partial charge in [0.15, 0.2) is 0 Å². The Hall–Kier alpha value is -5.28. The summed E-state index contributed by atoms with van der Waals surface area (Å²) < 4.78 is 36.7. The molecule has 0 amide bonds. The van der Waals surface area contributed by atoms with Crippen LogP contribution in [0, 0.1) is 0 Å². The highest BCUT2D eigenvalue weighted by atomic mass is 16.6. The Kier molecular flexibility index (Phi) is 14.4. The van der Waals surface area contributed by atoms with E-state index in [2.05, 4.69) is 37.9 Å². The lowest BCUT2D eigenvalue weighted by molar-refractivity contribution is -0.142. The van der Waals surface area contributed by atoms with Crippen molar-refractivity contribution in [2.75, 3.05) is 56.9 Å². The maximum absolute atomic E-state index is 13.2. The van der Waals surface area contributed by atoms with Crippen molar-refractivity contribution < 1.29 is 76.3 Å². The van der Waals surface area contributed by atoms with Crippen LogP contribution in [0.5, 0.6) is 0 Å². The van der Waals surface area contributed by atoms with Crippen molar-refractivity contribution in [3.63, 3.8) is 0 Å². The number of carbonyl (C=O) groups is 8. The Balaban J connectivity index is 8.96. The Labute approximate surface area is 227 Å². The molecule has 0 aliphatic heterocycles. The van der Waals surface area contributed by atoms with Gasteiger partial charge < -0.3 is 37.9 Å². The number of esters is 8. The molecule has 0 unspecified atom stereocenters. The van der Waals surface area contributed by atoms with Crippen molar-refractivity contribution >= 4 is 47.8 Å². The van der Waals surface area contributed by atoms with Crippen LogP contribution in [0.1, 0.15) is 0 Å². The lowest BCUT2D eigenvalue weighted by Crippen LogP contribution is -2.28. The van der Waals surface area contributed by atoms with Crippen LogP contribution in [0.25, 0.3) is 0 Å². The number of hydrogen-bond donors (Lipinski definition) is 0. The molecule has 16 heteroatoms. The molecule has 0 aliphatic carbocycles. The molecular weight excluding hydrogens is 544 g/mol. The summed E-state index contributed by atoms with van der Waals surface area (Å²) >= 11 is 0. The van der Waals surface area contributed by atoms with Crippen molar-refractivity contribution in [1.29, 1.82) is 0 Å². The second-order valence-electron chi connectivity index (χ2n) is 6.61. The van der Waals surface area contributed by atoms with Crippen LogP contribution in [0.2, 0.25) is 0 Å². The molecule has 40 heavy (non-hydrogen) atoms. The monoisotopic (exact) mass is 570 g/mol. The molecule has 0 aliphatic rings. The predicted octanol–water partition coefficient (Wildman–Crippen LogP) is -1.18. The van der Waals surface area contributed by atoms with E-state index >= 15 is 0 Å². The second kappa shape index (κ2) is 16.5. The van der Waals surface area contributed by atoms with Gasteiger partial charge in [-0.3, -0.25) is 0 Å². The Morgan fingerprint density at radius 3 is 0.750 bits per heavy atom. The average molecular weight is 570 g/mol. The van der Waals surface area contributed by atoms with Gasteiger partial charge in [-0.05, 0) is 0 Å². The first-order chi connectivity index (χ1) is 18.8. The maximum Gasteiger partial charge on any atom is 0.339 e. The van der Waals surface area contributed by atoms with Crippen molar-refractivity contribution in [2.24, 2.45) is 0 Å². The first-order valence-corrected chi connectivity index (χ1v) is 10.4. The van der Waals surface area contributed by atoms with Crippen LogP contribution < -0.4 is 0 Å². The normalized spacial score (nSPS) is 12.4. The van der Waals surface area contributed by atoms with Gasteiger partial charge >= 0.3 is 47.8 Å². The molecule has 0 rings (SSSR count). The molecule has 0 heterocycles. The van der Waals surface area contributed by atoms with Gasteiger partial charge in [0.25, 0.3) is 0 Å². The van der Waals surface area contributed by atoms with Gasteiger partial charge in [0.2, 0.25) is 0 Å². The molecule has 218 valence electrons. The molecule has 0 radical (unpaired) electrons. The largest absolute Gasteiger partial charge is 0.466 e. The summed E-state index contributed by atoms with van der Waals surface area (Å²) in [5.74, 6) is -11.7. The zero-order chi connectivity index (χ0) is 31.2. The first kappa shape index (κ1) is 34.7. The fourth-order valence-corrected chi connectivity index (χ4v) is 2.80. The van der Waals surface area contributed by atoms with Crippen molar-refractivity contribution in [3.8, 4) is 0 Å². The highest BCUT2D eigenvalue weighted by Gasteiger charge is 2.40. The van der Waals surface area contributed by atoms with E-state index in [-0.39, 0.29) is 0 Å². The van der Waals surface area contributed by atoms with Crippen LogP contribution >= 0.6 is 0 Å². The quantitative estimate of drug-likeness (QED) is 0.124. The minimum Gasteiger partial charge on any atom is -0.466 e. The highest BCUT2D eigenvalue weighted by molar-refractivity contribution is 6.23. The molecule has 0 fully saturated rings. The number of carbonyl (C=O) groups excluding carboxylic acids is 8. The summed E-state index contributed by atoms with van der Waals surface area (Å²) in [6.07, 6.45) is 0.804. The first-order valence-electron chi connectivity index (χ1n) is 10.4. The van der Waals surface area contributed by atoms with E-state index in [9.17, 15) is 38.4 Å². The lowest BCUT2D eigenvalue weighted by Gasteiger charge is -2.19. The van der Waals surface area contributed by atoms with Crippen LogP contribution in [-0.4, -0.2) is 105 Å². The van der Waals surface area contributed by atoms with Gasteiger partial charge in [0.1, 0.15) is 0 Å². The number of methoxy groups -OCH3 is 8. The second-order valence-corrected chi connectivity index (χ2v) is 6.61. The molecule has 0 spiro atoms. The van der Waals surface area contributed by atoms with E-state index in [0.29, 0.717) is 12.2 Å². The summed E-state index contributed by atoms with van der Waals surface area (Å²) in [6.45, 7) is 0. The van der Waals surface area contributed by atoms with Gasteiger partial charge in [-0.2, -0.15) is 0 Å². The standard InChI is InChI=1S/C24H26O16/c1-33-13(25)9-11(19(27)35-3)15(21(29)37-5)17(23(31)39-7)18(24(32)40-8)16(22(30)38-6)12(20(28)36-4)10-14(26)34-2/h9-10H,1-8H3/b11-9?,12-10?,17-15+,18-16+. The van der Waals surface area contributed by atoms with Gasteiger partial charge in [-0.15, -0.1) is 0 Å². The smallest absolute Gasteiger partial charge is 0.339 e. The van der Waals surface area contributed by atoms with Crippen molar-refractivity contribution in [2.45, 2.75) is 0 Å². The molecule has 0 atom stereocenters. The van der Waals surface area contributed by atoms with Crippen molar-refractivity contribution in [1.82, 2.24) is 0 Å². The number of ether oxygens (including phenoxy) is 8. The summed E-state index contributed by atoms with van der Waals surface area (Å²) in [6, 6.07) is 0. The van der Waals surface area contributed by atoms with Gasteiger partial charge in [-0.25, -0.2) is 38.4 Å². The van der Waals surface area contributed by atoms with Crippen LogP contribution in [0.3, 0.4) is 0 Å². The molecule has 0 saturated heterocycles. The molecule has 0 bridgehead atoms. The number of hydrogen-bond acceptors (Lipinski definition) is 16. The fraction of sp³-hybridized carbons (Fsp3) is 0.333. The Bertz CT molecular complexity index is 1120. The van der Waals surface area contributed by atoms with Gasteiger partial charge in [-0.1, -0.05) is 0 Å². The molecule has 16 nitrogen and oxygen atoms in total. The maximum atomic E-state index is 13.2. The van der Waals surface area contributed by atoms with E-state index in [0.717, 1.165) is 56.9 Å². The average Bonchev–Trinajstić information content (AvgIpc) is 2.98. The third-order valence-corrected chi connectivity index (χ3v) is 4.58. The summed E-state index contributed by atoms with van der Waals surface area (Å²) in [4.78, 5) is 102. The molecular formula is C24H26O16. The van der Waals surface area contributed by atoms with E-state index < -0.39 is 81.2 Å². The predicted molar refractivity (Wildman–Crippen MR) is 126 cm³/mol. The molecule has 0 N–H and O–H groups in total. The molecule has 0 saturated carbocycles. The highest BCUT2D eigenvalue weighted by Crippen LogP contribution is 2.31. The van der Waals surface area contributed by atoms with Crippen molar-refractivity contribution in [3.05, 3.63) is 45.6 Å². The van der Waals surface area contributed by atoms with E-state index in [1.54, 1.807) is 0 Å². The topological polar surface area (TPSA) is 210 Å². The molecule has 0 aromatic rings. The van der Waals surface area contributed by atoms with Crippen LogP contribution in [0.15, 0.2) is 45.6 Å². The third-order valence-electron chi connectivity index (χ3n) is 4.58. The van der Waals surface area contributed by atoms with Crippen LogP contribution in [-0.2, 0) is 76.3 Å². The SMILES string of the molecule is COC(=O)C=C(C(=O)OC)/C(C(=O)OC)=C(C(=O)OC)/C(C(=O)OC)=C(\C(=O)OC)C(=CC(=O)OC)C(=O)OC. The van der Waals surface area contributed by atoms with E-state index in [4.69, 9.17) is 0 Å². The Morgan fingerprint density at radius 1 is 0.325 bits per heavy atom. The number of rotatable bonds is 11. The third kappa shape index (κ3) is 8.37. The minimum absolute atomic E-state index is 0.402. The van der Waals surface area contributed by atoms with Crippen LogP contribution in [0.4, 0.5) is 0 Å². The van der Waals surface area contributed by atoms with E-state index in [1.807, 2.05) is 0 Å². The fourth-order valence-electron chi connectivity index (χ4n) is 2.80. The summed E-state index contributed by atoms with van der Waals surface area (Å²) in [5.41, 5.74) is -6.94. The minimum atomic E-state index is -1.61. The lowest BCUT2D eigenvalue weighted by atomic mass is 9.88. The summed E-state index contributed by atoms with van der Waals surface area (Å²) in [7, 11) is 6.64. The molecule has 0 aromatic carbocycles. The van der Waals surface area contributed by atoms with Gasteiger partial charge in [0, 0.05) is 12.2 Å². The Morgan fingerprint density at radius 2 is 0.550 bits per heavy atom. The zero-order valence-corrected chi connectivity index (χ0v) is 22.7. The molecule has 0 aromatic heterocycles. The van der Waals surface area contributed by atoms with E-state index in [1.165, 1.54) is 0 Å².